The quantitative estimate of drug-likeness (QED) is 0.703. The molecule has 0 N–H and O–H groups in total. The zero-order chi connectivity index (χ0) is 21.3. The molecule has 0 spiro atoms. The van der Waals surface area contributed by atoms with Crippen molar-refractivity contribution in [3.63, 3.8) is 0 Å². The molecule has 0 radical (unpaired) electrons. The van der Waals surface area contributed by atoms with Gasteiger partial charge in [0.15, 0.2) is 21.4 Å². The van der Waals surface area contributed by atoms with Crippen LogP contribution < -0.4 is 9.64 Å². The first-order valence-electron chi connectivity index (χ1n) is 10.1. The zero-order valence-electron chi connectivity index (χ0n) is 17.9. The Morgan fingerprint density at radius 2 is 1.75 bits per heavy atom. The lowest BCUT2D eigenvalue weighted by Gasteiger charge is -2.40. The molecule has 1 saturated carbocycles. The number of aromatic nitrogens is 2. The van der Waals surface area contributed by atoms with Gasteiger partial charge in [-0.05, 0) is 19.8 Å². The monoisotopic (exact) mass is 413 g/mol. The molecule has 2 fully saturated rings. The van der Waals surface area contributed by atoms with E-state index in [1.165, 1.54) is 0 Å². The summed E-state index contributed by atoms with van der Waals surface area (Å²) in [5.74, 6) is 1.77. The number of rotatable bonds is 3. The summed E-state index contributed by atoms with van der Waals surface area (Å²) in [5, 5.41) is -0.196. The molecule has 3 aliphatic rings. The molecule has 1 atom stereocenters. The van der Waals surface area contributed by atoms with Crippen LogP contribution in [0.15, 0.2) is 13.2 Å². The zero-order valence-corrected chi connectivity index (χ0v) is 18.7. The van der Waals surface area contributed by atoms with Gasteiger partial charge in [-0.2, -0.15) is 0 Å². The topological polar surface area (TPSA) is 81.6 Å². The van der Waals surface area contributed by atoms with E-state index < -0.39 is 9.84 Å². The van der Waals surface area contributed by atoms with E-state index in [1.807, 2.05) is 27.7 Å². The minimum absolute atomic E-state index is 0.0572. The second-order valence-corrected chi connectivity index (χ2v) is 8.39. The first kappa shape index (κ1) is 24.4. The van der Waals surface area contributed by atoms with Gasteiger partial charge in [0.25, 0.3) is 0 Å². The second kappa shape index (κ2) is 11.4. The van der Waals surface area contributed by atoms with Crippen LogP contribution in [0, 0.1) is 6.92 Å². The molecule has 0 bridgehead atoms. The number of ether oxygens (including phenoxy) is 2. The third-order valence-corrected chi connectivity index (χ3v) is 6.48. The molecule has 1 aliphatic carbocycles. The lowest BCUT2D eigenvalue weighted by Crippen LogP contribution is -2.51. The highest BCUT2D eigenvalue weighted by molar-refractivity contribution is 7.91. The average molecular weight is 414 g/mol. The minimum Gasteiger partial charge on any atom is -0.486 e. The third-order valence-electron chi connectivity index (χ3n) is 4.32. The van der Waals surface area contributed by atoms with Gasteiger partial charge < -0.3 is 14.4 Å². The van der Waals surface area contributed by atoms with Gasteiger partial charge >= 0.3 is 0 Å². The highest BCUT2D eigenvalue weighted by Crippen LogP contribution is 2.38. The number of aryl methyl sites for hydroxylation is 1. The van der Waals surface area contributed by atoms with E-state index in [9.17, 15) is 8.42 Å². The van der Waals surface area contributed by atoms with Crippen LogP contribution in [0.1, 0.15) is 52.1 Å². The number of nitrogens with zero attached hydrogens (tertiary/aromatic N) is 3. The smallest absolute Gasteiger partial charge is 0.184 e. The SMILES string of the molecule is C=C.CC.CC.Cc1nc(CS(=O)(=O)C2CC2)c2c(n1)N1CCOCC1CO2. The maximum atomic E-state index is 12.3. The molecule has 1 unspecified atom stereocenters. The summed E-state index contributed by atoms with van der Waals surface area (Å²) in [6, 6.07) is 0.142. The molecule has 1 aromatic rings. The van der Waals surface area contributed by atoms with Gasteiger partial charge in [0.2, 0.25) is 0 Å². The Balaban J connectivity index is 0.000000599. The maximum absolute atomic E-state index is 12.3. The molecule has 2 aliphatic heterocycles. The molecule has 1 aromatic heterocycles. The highest BCUT2D eigenvalue weighted by atomic mass is 32.2. The van der Waals surface area contributed by atoms with Crippen LogP contribution in [0.5, 0.6) is 5.75 Å². The van der Waals surface area contributed by atoms with Gasteiger partial charge in [-0.25, -0.2) is 18.4 Å². The molecule has 1 saturated heterocycles. The predicted molar refractivity (Wildman–Crippen MR) is 114 cm³/mol. The maximum Gasteiger partial charge on any atom is 0.184 e. The standard InChI is InChI=1S/C14H19N3O4S.2C2H6.C2H4/c1-9-15-12(8-22(18,19)11-2-3-11)13-14(16-9)17-4-5-20-6-10(17)7-21-13;3*1-2/h10-11H,2-8H2,1H3;2*1-2H3;1-2H2. The van der Waals surface area contributed by atoms with Gasteiger partial charge in [0.05, 0.1) is 30.3 Å². The Morgan fingerprint density at radius 3 is 2.36 bits per heavy atom. The Bertz CT molecular complexity index is 720. The number of anilines is 1. The largest absolute Gasteiger partial charge is 0.486 e. The molecule has 0 amide bonds. The van der Waals surface area contributed by atoms with Crippen molar-refractivity contribution in [1.82, 2.24) is 9.97 Å². The predicted octanol–water partition coefficient (Wildman–Crippen LogP) is 3.31. The normalized spacial score (nSPS) is 19.8. The van der Waals surface area contributed by atoms with Crippen LogP contribution in [0.2, 0.25) is 0 Å². The van der Waals surface area contributed by atoms with Crippen molar-refractivity contribution in [2.75, 3.05) is 31.3 Å². The number of hydrogen-bond acceptors (Lipinski definition) is 7. The Morgan fingerprint density at radius 1 is 1.11 bits per heavy atom. The van der Waals surface area contributed by atoms with Crippen molar-refractivity contribution in [2.24, 2.45) is 0 Å². The van der Waals surface area contributed by atoms with Crippen LogP contribution in [-0.2, 0) is 20.3 Å². The molecular weight excluding hydrogens is 378 g/mol. The van der Waals surface area contributed by atoms with Gasteiger partial charge in [-0.1, -0.05) is 27.7 Å². The van der Waals surface area contributed by atoms with Crippen LogP contribution in [-0.4, -0.2) is 56.0 Å². The van der Waals surface area contributed by atoms with E-state index in [1.54, 1.807) is 6.92 Å². The number of hydrogen-bond donors (Lipinski definition) is 0. The van der Waals surface area contributed by atoms with E-state index in [0.717, 1.165) is 19.4 Å². The van der Waals surface area contributed by atoms with E-state index in [2.05, 4.69) is 28.0 Å². The van der Waals surface area contributed by atoms with E-state index in [0.29, 0.717) is 42.9 Å². The van der Waals surface area contributed by atoms with Crippen molar-refractivity contribution in [1.29, 1.82) is 0 Å². The fraction of sp³-hybridized carbons (Fsp3) is 0.700. The molecular formula is C20H35N3O4S. The van der Waals surface area contributed by atoms with Crippen LogP contribution in [0.4, 0.5) is 5.82 Å². The molecule has 3 heterocycles. The first-order chi connectivity index (χ1) is 13.5. The summed E-state index contributed by atoms with van der Waals surface area (Å²) in [6.45, 7) is 18.3. The third kappa shape index (κ3) is 5.67. The summed E-state index contributed by atoms with van der Waals surface area (Å²) in [5.41, 5.74) is 0.499. The van der Waals surface area contributed by atoms with Crippen molar-refractivity contribution in [3.8, 4) is 5.75 Å². The number of fused-ring (bicyclic) bond motifs is 3. The molecule has 160 valence electrons. The van der Waals surface area contributed by atoms with Crippen molar-refractivity contribution < 1.29 is 17.9 Å². The van der Waals surface area contributed by atoms with Crippen LogP contribution in [0.3, 0.4) is 0 Å². The van der Waals surface area contributed by atoms with Gasteiger partial charge in [0.1, 0.15) is 18.1 Å². The van der Waals surface area contributed by atoms with Crippen LogP contribution >= 0.6 is 0 Å². The van der Waals surface area contributed by atoms with Crippen LogP contribution in [0.25, 0.3) is 0 Å². The van der Waals surface area contributed by atoms with E-state index >= 15 is 0 Å². The van der Waals surface area contributed by atoms with Gasteiger partial charge in [-0.3, -0.25) is 0 Å². The molecule has 7 nitrogen and oxygen atoms in total. The van der Waals surface area contributed by atoms with Gasteiger partial charge in [0, 0.05) is 6.54 Å². The molecule has 28 heavy (non-hydrogen) atoms. The first-order valence-corrected chi connectivity index (χ1v) is 11.8. The Labute approximate surface area is 170 Å². The Hall–Kier alpha value is -1.67. The van der Waals surface area contributed by atoms with Gasteiger partial charge in [-0.15, -0.1) is 13.2 Å². The van der Waals surface area contributed by atoms with Crippen molar-refractivity contribution >= 4 is 15.7 Å². The number of morpholine rings is 1. The average Bonchev–Trinajstić information content (AvgIpc) is 3.58. The molecule has 4 rings (SSSR count). The molecule has 8 heteroatoms. The summed E-state index contributed by atoms with van der Waals surface area (Å²) < 4.78 is 35.9. The number of sulfone groups is 1. The summed E-state index contributed by atoms with van der Waals surface area (Å²) in [4.78, 5) is 11.0. The summed E-state index contributed by atoms with van der Waals surface area (Å²) in [6.07, 6.45) is 1.53. The lowest BCUT2D eigenvalue weighted by atomic mass is 10.2. The minimum atomic E-state index is -3.13. The molecule has 0 aromatic carbocycles. The second-order valence-electron chi connectivity index (χ2n) is 6.11. The summed E-state index contributed by atoms with van der Waals surface area (Å²) in [7, 11) is -3.13. The van der Waals surface area contributed by atoms with E-state index in [-0.39, 0.29) is 17.0 Å². The lowest BCUT2D eigenvalue weighted by molar-refractivity contribution is 0.0692. The fourth-order valence-corrected chi connectivity index (χ4v) is 4.70. The van der Waals surface area contributed by atoms with E-state index in [4.69, 9.17) is 9.47 Å². The Kier molecular flexibility index (Phi) is 9.89. The fourth-order valence-electron chi connectivity index (χ4n) is 3.03. The van der Waals surface area contributed by atoms with Crippen molar-refractivity contribution in [3.05, 3.63) is 24.7 Å². The van der Waals surface area contributed by atoms with Crippen molar-refractivity contribution in [2.45, 2.75) is 64.5 Å². The summed E-state index contributed by atoms with van der Waals surface area (Å²) >= 11 is 0. The highest BCUT2D eigenvalue weighted by Gasteiger charge is 2.39.